The molecule has 138 valence electrons. The third kappa shape index (κ3) is 4.82. The van der Waals surface area contributed by atoms with Crippen LogP contribution < -0.4 is 15.4 Å². The first kappa shape index (κ1) is 18.4. The van der Waals surface area contributed by atoms with Crippen LogP contribution in [0.5, 0.6) is 5.75 Å². The molecule has 1 heterocycles. The van der Waals surface area contributed by atoms with E-state index >= 15 is 0 Å². The standard InChI is InChI=1S/C21H20FN3O2/c1-27-19-9-5-4-8-18(19)25-21(26)16-11-13-24-20(14-16)23-12-10-15-6-2-3-7-17(15)22/h2-9,11,13-14H,10,12H2,1H3,(H,23,24)(H,25,26). The lowest BCUT2D eigenvalue weighted by atomic mass is 10.1. The van der Waals surface area contributed by atoms with Crippen LogP contribution in [-0.4, -0.2) is 24.5 Å². The molecule has 6 heteroatoms. The van der Waals surface area contributed by atoms with E-state index in [0.29, 0.717) is 41.3 Å². The molecular formula is C21H20FN3O2. The molecule has 1 amide bonds. The van der Waals surface area contributed by atoms with E-state index in [1.165, 1.54) is 6.07 Å². The SMILES string of the molecule is COc1ccccc1NC(=O)c1ccnc(NCCc2ccccc2F)c1. The number of amides is 1. The Hall–Kier alpha value is -3.41. The van der Waals surface area contributed by atoms with E-state index in [1.54, 1.807) is 55.8 Å². The predicted octanol–water partition coefficient (Wildman–Crippen LogP) is 4.14. The van der Waals surface area contributed by atoms with Gasteiger partial charge in [0.2, 0.25) is 0 Å². The molecule has 0 saturated heterocycles. The maximum absolute atomic E-state index is 13.6. The van der Waals surface area contributed by atoms with E-state index in [-0.39, 0.29) is 11.7 Å². The summed E-state index contributed by atoms with van der Waals surface area (Å²) in [7, 11) is 1.55. The van der Waals surface area contributed by atoms with Crippen LogP contribution in [0.4, 0.5) is 15.9 Å². The maximum atomic E-state index is 13.6. The lowest BCUT2D eigenvalue weighted by Crippen LogP contribution is -2.14. The van der Waals surface area contributed by atoms with Gasteiger partial charge in [-0.1, -0.05) is 30.3 Å². The maximum Gasteiger partial charge on any atom is 0.255 e. The van der Waals surface area contributed by atoms with E-state index < -0.39 is 0 Å². The number of hydrogen-bond donors (Lipinski definition) is 2. The van der Waals surface area contributed by atoms with Crippen LogP contribution in [0, 0.1) is 5.82 Å². The molecule has 0 unspecified atom stereocenters. The molecule has 0 spiro atoms. The number of ether oxygens (including phenoxy) is 1. The summed E-state index contributed by atoms with van der Waals surface area (Å²) in [6, 6.07) is 17.1. The summed E-state index contributed by atoms with van der Waals surface area (Å²) in [6.07, 6.45) is 2.08. The van der Waals surface area contributed by atoms with E-state index in [4.69, 9.17) is 4.74 Å². The molecule has 0 aliphatic rings. The summed E-state index contributed by atoms with van der Waals surface area (Å²) in [4.78, 5) is 16.7. The van der Waals surface area contributed by atoms with Gasteiger partial charge in [-0.25, -0.2) is 9.37 Å². The quantitative estimate of drug-likeness (QED) is 0.661. The number of pyridine rings is 1. The van der Waals surface area contributed by atoms with Crippen molar-refractivity contribution in [3.63, 3.8) is 0 Å². The second-order valence-electron chi connectivity index (χ2n) is 5.85. The highest BCUT2D eigenvalue weighted by Crippen LogP contribution is 2.23. The van der Waals surface area contributed by atoms with Crippen molar-refractivity contribution in [3.05, 3.63) is 83.8 Å². The van der Waals surface area contributed by atoms with Crippen LogP contribution in [0.25, 0.3) is 0 Å². The Balaban J connectivity index is 1.63. The van der Waals surface area contributed by atoms with Gasteiger partial charge in [0.25, 0.3) is 5.91 Å². The van der Waals surface area contributed by atoms with Gasteiger partial charge in [-0.05, 0) is 42.3 Å². The number of anilines is 2. The number of carbonyl (C=O) groups excluding carboxylic acids is 1. The molecule has 0 bridgehead atoms. The van der Waals surface area contributed by atoms with Crippen molar-refractivity contribution >= 4 is 17.4 Å². The zero-order valence-corrected chi connectivity index (χ0v) is 14.9. The zero-order valence-electron chi connectivity index (χ0n) is 14.9. The molecule has 5 nitrogen and oxygen atoms in total. The van der Waals surface area contributed by atoms with Crippen LogP contribution in [0.1, 0.15) is 15.9 Å². The minimum absolute atomic E-state index is 0.225. The number of benzene rings is 2. The molecule has 3 rings (SSSR count). The van der Waals surface area contributed by atoms with Crippen molar-refractivity contribution in [1.29, 1.82) is 0 Å². The molecule has 0 radical (unpaired) electrons. The molecule has 2 N–H and O–H groups in total. The van der Waals surface area contributed by atoms with Crippen molar-refractivity contribution in [2.45, 2.75) is 6.42 Å². The van der Waals surface area contributed by atoms with Gasteiger partial charge in [-0.3, -0.25) is 4.79 Å². The van der Waals surface area contributed by atoms with E-state index in [0.717, 1.165) is 0 Å². The van der Waals surface area contributed by atoms with Gasteiger partial charge in [0.1, 0.15) is 17.4 Å². The van der Waals surface area contributed by atoms with Gasteiger partial charge >= 0.3 is 0 Å². The Kier molecular flexibility index (Phi) is 5.99. The van der Waals surface area contributed by atoms with Crippen LogP contribution in [0.3, 0.4) is 0 Å². The second-order valence-corrected chi connectivity index (χ2v) is 5.85. The zero-order chi connectivity index (χ0) is 19.1. The van der Waals surface area contributed by atoms with Crippen LogP contribution in [0.15, 0.2) is 66.9 Å². The smallest absolute Gasteiger partial charge is 0.255 e. The monoisotopic (exact) mass is 365 g/mol. The van der Waals surface area contributed by atoms with Crippen molar-refractivity contribution in [2.24, 2.45) is 0 Å². The molecule has 3 aromatic rings. The van der Waals surface area contributed by atoms with Crippen molar-refractivity contribution in [2.75, 3.05) is 24.3 Å². The summed E-state index contributed by atoms with van der Waals surface area (Å²) >= 11 is 0. The van der Waals surface area contributed by atoms with E-state index in [1.807, 2.05) is 12.1 Å². The fraction of sp³-hybridized carbons (Fsp3) is 0.143. The van der Waals surface area contributed by atoms with Crippen molar-refractivity contribution in [3.8, 4) is 5.75 Å². The number of halogens is 1. The number of aromatic nitrogens is 1. The molecular weight excluding hydrogens is 345 g/mol. The molecule has 1 aromatic heterocycles. The molecule has 0 aliphatic carbocycles. The number of hydrogen-bond acceptors (Lipinski definition) is 4. The minimum atomic E-state index is -0.265. The average Bonchev–Trinajstić information content (AvgIpc) is 2.70. The summed E-state index contributed by atoms with van der Waals surface area (Å²) in [5.41, 5.74) is 1.69. The predicted molar refractivity (Wildman–Crippen MR) is 104 cm³/mol. The highest BCUT2D eigenvalue weighted by atomic mass is 19.1. The van der Waals surface area contributed by atoms with Crippen LogP contribution >= 0.6 is 0 Å². The van der Waals surface area contributed by atoms with Crippen LogP contribution in [0.2, 0.25) is 0 Å². The lowest BCUT2D eigenvalue weighted by Gasteiger charge is -2.11. The van der Waals surface area contributed by atoms with Gasteiger partial charge in [-0.2, -0.15) is 0 Å². The molecule has 0 saturated carbocycles. The molecule has 27 heavy (non-hydrogen) atoms. The molecule has 0 atom stereocenters. The van der Waals surface area contributed by atoms with Crippen LogP contribution in [-0.2, 0) is 6.42 Å². The molecule has 0 fully saturated rings. The Morgan fingerprint density at radius 2 is 1.89 bits per heavy atom. The largest absolute Gasteiger partial charge is 0.495 e. The number of nitrogens with one attached hydrogen (secondary N) is 2. The van der Waals surface area contributed by atoms with Gasteiger partial charge < -0.3 is 15.4 Å². The first-order valence-electron chi connectivity index (χ1n) is 8.55. The highest BCUT2D eigenvalue weighted by Gasteiger charge is 2.10. The van der Waals surface area contributed by atoms with Gasteiger partial charge in [0, 0.05) is 18.3 Å². The van der Waals surface area contributed by atoms with E-state index in [2.05, 4.69) is 15.6 Å². The third-order valence-electron chi connectivity index (χ3n) is 4.04. The Bertz CT molecular complexity index is 931. The van der Waals surface area contributed by atoms with Crippen molar-refractivity contribution < 1.29 is 13.9 Å². The first-order valence-corrected chi connectivity index (χ1v) is 8.55. The normalized spacial score (nSPS) is 10.3. The number of carbonyl (C=O) groups is 1. The number of methoxy groups -OCH3 is 1. The minimum Gasteiger partial charge on any atom is -0.495 e. The summed E-state index contributed by atoms with van der Waals surface area (Å²) in [5.74, 6) is 0.651. The van der Waals surface area contributed by atoms with Gasteiger partial charge in [0.05, 0.1) is 12.8 Å². The number of nitrogens with zero attached hydrogens (tertiary/aromatic N) is 1. The summed E-state index contributed by atoms with van der Waals surface area (Å²) in [6.45, 7) is 0.505. The molecule has 2 aromatic carbocycles. The van der Waals surface area contributed by atoms with Gasteiger partial charge in [-0.15, -0.1) is 0 Å². The lowest BCUT2D eigenvalue weighted by molar-refractivity contribution is 0.102. The highest BCUT2D eigenvalue weighted by molar-refractivity contribution is 6.05. The van der Waals surface area contributed by atoms with Gasteiger partial charge in [0.15, 0.2) is 0 Å². The Labute approximate surface area is 157 Å². The summed E-state index contributed by atoms with van der Waals surface area (Å²) in [5, 5.41) is 5.94. The first-order chi connectivity index (χ1) is 13.2. The topological polar surface area (TPSA) is 63.2 Å². The van der Waals surface area contributed by atoms with Crippen molar-refractivity contribution in [1.82, 2.24) is 4.98 Å². The Morgan fingerprint density at radius 3 is 2.70 bits per heavy atom. The fourth-order valence-electron chi connectivity index (χ4n) is 2.64. The van der Waals surface area contributed by atoms with E-state index in [9.17, 15) is 9.18 Å². The average molecular weight is 365 g/mol. The Morgan fingerprint density at radius 1 is 1.11 bits per heavy atom. The number of rotatable bonds is 7. The third-order valence-corrected chi connectivity index (χ3v) is 4.04. The number of para-hydroxylation sites is 2. The second kappa shape index (κ2) is 8.80. The molecule has 0 aliphatic heterocycles. The summed E-state index contributed by atoms with van der Waals surface area (Å²) < 4.78 is 18.9. The fourth-order valence-corrected chi connectivity index (χ4v) is 2.64.